The van der Waals surface area contributed by atoms with Crippen LogP contribution in [0, 0.1) is 70.0 Å². The number of esters is 4. The van der Waals surface area contributed by atoms with E-state index in [-0.39, 0.29) is 72.2 Å². The van der Waals surface area contributed by atoms with Crippen LogP contribution in [0.3, 0.4) is 0 Å². The molecule has 0 atom stereocenters. The zero-order valence-electron chi connectivity index (χ0n) is 37.7. The van der Waals surface area contributed by atoms with Crippen molar-refractivity contribution < 1.29 is 38.1 Å². The molecule has 0 radical (unpaired) electrons. The molecule has 12 saturated carbocycles. The lowest BCUT2D eigenvalue weighted by molar-refractivity contribution is -0.244. The van der Waals surface area contributed by atoms with E-state index < -0.39 is 22.0 Å². The summed E-state index contributed by atoms with van der Waals surface area (Å²) in [6, 6.07) is 0. The van der Waals surface area contributed by atoms with Gasteiger partial charge in [-0.2, -0.15) is 0 Å². The summed E-state index contributed by atoms with van der Waals surface area (Å²) in [6.45, 7) is 5.33. The Morgan fingerprint density at radius 1 is 0.417 bits per heavy atom. The summed E-state index contributed by atoms with van der Waals surface area (Å²) in [5, 5.41) is 0. The normalized spacial score (nSPS) is 42.4. The van der Waals surface area contributed by atoms with Gasteiger partial charge in [-0.1, -0.05) is 78.1 Å². The molecule has 0 spiro atoms. The first-order valence-corrected chi connectivity index (χ1v) is 25.8. The molecule has 0 aromatic heterocycles. The van der Waals surface area contributed by atoms with Crippen LogP contribution in [0.1, 0.15) is 206 Å². The van der Waals surface area contributed by atoms with Gasteiger partial charge in [-0.3, -0.25) is 19.2 Å². The fourth-order valence-corrected chi connectivity index (χ4v) is 16.9. The number of hydrogen-bond donors (Lipinski definition) is 0. The van der Waals surface area contributed by atoms with Crippen LogP contribution in [0.2, 0.25) is 0 Å². The molecule has 12 aliphatic rings. The zero-order chi connectivity index (χ0) is 41.5. The number of carbonyl (C=O) groups excluding carboxylic acids is 4. The van der Waals surface area contributed by atoms with E-state index in [1.54, 1.807) is 0 Å². The Hall–Kier alpha value is -2.12. The molecule has 0 heterocycles. The van der Waals surface area contributed by atoms with Crippen molar-refractivity contribution >= 4 is 23.9 Å². The molecule has 0 amide bonds. The molecule has 0 N–H and O–H groups in total. The number of carbonyl (C=O) groups is 4. The Morgan fingerprint density at radius 3 is 1.08 bits per heavy atom. The van der Waals surface area contributed by atoms with Crippen LogP contribution >= 0.6 is 0 Å². The van der Waals surface area contributed by atoms with Crippen LogP contribution in [0.4, 0.5) is 0 Å². The molecule has 0 saturated heterocycles. The van der Waals surface area contributed by atoms with Crippen molar-refractivity contribution in [3.63, 3.8) is 0 Å². The van der Waals surface area contributed by atoms with E-state index in [4.69, 9.17) is 18.9 Å². The third-order valence-corrected chi connectivity index (χ3v) is 18.9. The highest BCUT2D eigenvalue weighted by Crippen LogP contribution is 2.69. The van der Waals surface area contributed by atoms with Gasteiger partial charge in [0, 0.05) is 23.7 Å². The number of hydrogen-bond acceptors (Lipinski definition) is 8. The average molecular weight is 833 g/mol. The van der Waals surface area contributed by atoms with Gasteiger partial charge in [0.2, 0.25) is 0 Å². The van der Waals surface area contributed by atoms with Crippen molar-refractivity contribution in [2.24, 2.45) is 70.0 Å². The second kappa shape index (κ2) is 17.8. The average Bonchev–Trinajstić information content (AvgIpc) is 3.20. The van der Waals surface area contributed by atoms with Crippen molar-refractivity contribution in [1.82, 2.24) is 0 Å². The molecule has 12 rings (SSSR count). The van der Waals surface area contributed by atoms with Crippen molar-refractivity contribution in [2.75, 3.05) is 13.2 Å². The van der Waals surface area contributed by atoms with Crippen LogP contribution in [0.5, 0.6) is 0 Å². The predicted molar refractivity (Wildman–Crippen MR) is 229 cm³/mol. The second-order valence-corrected chi connectivity index (χ2v) is 23.1. The lowest BCUT2D eigenvalue weighted by atomic mass is 9.44. The molecule has 0 aliphatic heterocycles. The molecular weight excluding hydrogens is 753 g/mol. The molecule has 12 bridgehead atoms. The van der Waals surface area contributed by atoms with Gasteiger partial charge >= 0.3 is 23.9 Å². The lowest BCUT2D eigenvalue weighted by Gasteiger charge is -2.63. The second-order valence-electron chi connectivity index (χ2n) is 23.1. The minimum Gasteiger partial charge on any atom is -0.466 e. The van der Waals surface area contributed by atoms with Crippen LogP contribution in [0.15, 0.2) is 0 Å². The molecular formula is C52H80O8. The molecule has 60 heavy (non-hydrogen) atoms. The van der Waals surface area contributed by atoms with Crippen molar-refractivity contribution in [3.05, 3.63) is 0 Å². The van der Waals surface area contributed by atoms with Gasteiger partial charge in [-0.15, -0.1) is 0 Å². The molecule has 8 heteroatoms. The number of ether oxygens (including phenoxy) is 4. The first-order valence-electron chi connectivity index (χ1n) is 25.8. The summed E-state index contributed by atoms with van der Waals surface area (Å²) in [4.78, 5) is 58.0. The Labute approximate surface area is 361 Å². The van der Waals surface area contributed by atoms with Crippen LogP contribution < -0.4 is 0 Å². The maximum Gasteiger partial charge on any atom is 0.312 e. The van der Waals surface area contributed by atoms with Crippen molar-refractivity contribution in [2.45, 2.75) is 218 Å². The summed E-state index contributed by atoms with van der Waals surface area (Å²) in [5.41, 5.74) is -3.08. The van der Waals surface area contributed by atoms with Gasteiger partial charge in [0.15, 0.2) is 0 Å². The highest BCUT2D eigenvalue weighted by atomic mass is 16.6. The quantitative estimate of drug-likeness (QED) is 0.0603. The molecule has 0 aromatic carbocycles. The first kappa shape index (κ1) is 43.1. The maximum absolute atomic E-state index is 15.2. The Balaban J connectivity index is 0.905. The molecule has 0 unspecified atom stereocenters. The summed E-state index contributed by atoms with van der Waals surface area (Å²) in [6.07, 6.45) is 29.4. The summed E-state index contributed by atoms with van der Waals surface area (Å²) >= 11 is 0. The van der Waals surface area contributed by atoms with E-state index in [1.165, 1.54) is 64.2 Å². The fourth-order valence-electron chi connectivity index (χ4n) is 16.9. The number of unbranched alkanes of at least 4 members (excludes halogenated alkanes) is 10. The monoisotopic (exact) mass is 833 g/mol. The Kier molecular flexibility index (Phi) is 12.8. The van der Waals surface area contributed by atoms with Gasteiger partial charge in [-0.05, 0) is 151 Å². The highest BCUT2D eigenvalue weighted by Gasteiger charge is 2.69. The van der Waals surface area contributed by atoms with Crippen LogP contribution in [-0.2, 0) is 38.1 Å². The van der Waals surface area contributed by atoms with E-state index in [2.05, 4.69) is 13.8 Å². The molecule has 12 fully saturated rings. The van der Waals surface area contributed by atoms with E-state index in [0.29, 0.717) is 43.3 Å². The molecule has 8 nitrogen and oxygen atoms in total. The molecule has 0 aromatic rings. The number of rotatable bonds is 22. The van der Waals surface area contributed by atoms with E-state index >= 15 is 9.59 Å². The molecule has 336 valence electrons. The third-order valence-electron chi connectivity index (χ3n) is 18.9. The van der Waals surface area contributed by atoms with Gasteiger partial charge in [0.1, 0.15) is 11.2 Å². The van der Waals surface area contributed by atoms with Crippen LogP contribution in [-0.4, -0.2) is 48.3 Å². The minimum absolute atomic E-state index is 0.146. The topological polar surface area (TPSA) is 105 Å². The van der Waals surface area contributed by atoms with E-state index in [1.807, 2.05) is 0 Å². The highest BCUT2D eigenvalue weighted by molar-refractivity contribution is 5.84. The van der Waals surface area contributed by atoms with Gasteiger partial charge in [0.25, 0.3) is 0 Å². The van der Waals surface area contributed by atoms with Gasteiger partial charge in [0.05, 0.1) is 36.9 Å². The third kappa shape index (κ3) is 8.36. The summed E-state index contributed by atoms with van der Waals surface area (Å²) < 4.78 is 26.0. The summed E-state index contributed by atoms with van der Waals surface area (Å²) in [5.74, 6) is 3.32. The van der Waals surface area contributed by atoms with Crippen LogP contribution in [0.25, 0.3) is 0 Å². The minimum atomic E-state index is -0.806. The Bertz CT molecular complexity index is 1380. The van der Waals surface area contributed by atoms with Gasteiger partial charge in [-0.25, -0.2) is 0 Å². The van der Waals surface area contributed by atoms with Gasteiger partial charge < -0.3 is 18.9 Å². The van der Waals surface area contributed by atoms with E-state index in [0.717, 1.165) is 109 Å². The van der Waals surface area contributed by atoms with Crippen molar-refractivity contribution in [1.29, 1.82) is 0 Å². The zero-order valence-corrected chi connectivity index (χ0v) is 37.7. The lowest BCUT2D eigenvalue weighted by Crippen LogP contribution is -2.65. The standard InChI is InChI=1S/C52H80O8/c1-3-5-7-9-11-13-15-57-45(53)32-51(41-20-35-17-36(22-41)23-42(51)21-35)59-47(55)49-28-39-19-40(29-49)31-50(30-39,34-49)48(56)60-52(33-46(54)58-16-14-12-10-8-6-4-2)43-24-37-18-38(26-43)27-44(52)25-37/h35-44H,3-34H2,1-2H3. The maximum atomic E-state index is 15.2. The fraction of sp³-hybridized carbons (Fsp3) is 0.923. The van der Waals surface area contributed by atoms with Crippen molar-refractivity contribution in [3.8, 4) is 0 Å². The largest absolute Gasteiger partial charge is 0.466 e. The molecule has 12 aliphatic carbocycles. The summed E-state index contributed by atoms with van der Waals surface area (Å²) in [7, 11) is 0. The first-order chi connectivity index (χ1) is 29.1. The smallest absolute Gasteiger partial charge is 0.312 e. The van der Waals surface area contributed by atoms with E-state index in [9.17, 15) is 9.59 Å². The SMILES string of the molecule is CCCCCCCCOC(=O)CC1(OC(=O)C23CC4CC(C2)CC(C(=O)OC2(CC(=O)OCCCCCCCC)C5CC6CC(C5)CC2C6)(C4)C3)C2CC3CC(C2)CC1C3. The Morgan fingerprint density at radius 2 is 0.733 bits per heavy atom. The predicted octanol–water partition coefficient (Wildman–Crippen LogP) is 11.6.